The number of thiophene rings is 1. The highest BCUT2D eigenvalue weighted by Gasteiger charge is 2.25. The number of aliphatic hydroxyl groups excluding tert-OH is 1. The van der Waals surface area contributed by atoms with Gasteiger partial charge in [0.05, 0.1) is 12.6 Å². The Bertz CT molecular complexity index is 575. The van der Waals surface area contributed by atoms with Crippen LogP contribution in [0.2, 0.25) is 0 Å². The van der Waals surface area contributed by atoms with Gasteiger partial charge in [-0.15, -0.1) is 0 Å². The lowest BCUT2D eigenvalue weighted by molar-refractivity contribution is 0.266. The summed E-state index contributed by atoms with van der Waals surface area (Å²) in [5.74, 6) is 1.82. The van der Waals surface area contributed by atoms with Crippen LogP contribution in [0, 0.1) is 0 Å². The summed E-state index contributed by atoms with van der Waals surface area (Å²) in [6.07, 6.45) is 3.75. The van der Waals surface area contributed by atoms with Gasteiger partial charge in [-0.3, -0.25) is 0 Å². The molecular weight excluding hydrogens is 284 g/mol. The first-order chi connectivity index (χ1) is 10.3. The van der Waals surface area contributed by atoms with Gasteiger partial charge >= 0.3 is 0 Å². The monoisotopic (exact) mass is 304 g/mol. The van der Waals surface area contributed by atoms with Crippen molar-refractivity contribution in [1.82, 2.24) is 9.97 Å². The summed E-state index contributed by atoms with van der Waals surface area (Å²) in [5.41, 5.74) is 1.29. The molecule has 0 amide bonds. The summed E-state index contributed by atoms with van der Waals surface area (Å²) in [7, 11) is 2.04. The van der Waals surface area contributed by atoms with E-state index < -0.39 is 0 Å². The van der Waals surface area contributed by atoms with Gasteiger partial charge < -0.3 is 14.9 Å². The molecule has 0 aromatic carbocycles. The Morgan fingerprint density at radius 3 is 3.14 bits per heavy atom. The maximum atomic E-state index is 9.45. The van der Waals surface area contributed by atoms with E-state index in [0.717, 1.165) is 37.6 Å². The number of aromatic nitrogens is 2. The fourth-order valence-corrected chi connectivity index (χ4v) is 3.43. The van der Waals surface area contributed by atoms with Crippen LogP contribution in [-0.2, 0) is 6.54 Å². The lowest BCUT2D eigenvalue weighted by Gasteiger charge is -2.25. The molecule has 1 N–H and O–H groups in total. The molecule has 2 aromatic rings. The van der Waals surface area contributed by atoms with Crippen LogP contribution >= 0.6 is 11.3 Å². The molecule has 1 saturated heterocycles. The largest absolute Gasteiger partial charge is 0.394 e. The number of hydrogen-bond donors (Lipinski definition) is 1. The van der Waals surface area contributed by atoms with E-state index in [-0.39, 0.29) is 12.6 Å². The average molecular weight is 304 g/mol. The molecule has 0 bridgehead atoms. The number of nitrogens with zero attached hydrogens (tertiary/aromatic N) is 4. The lowest BCUT2D eigenvalue weighted by atomic mass is 10.2. The quantitative estimate of drug-likeness (QED) is 0.917. The van der Waals surface area contributed by atoms with Crippen molar-refractivity contribution in [3.05, 3.63) is 34.8 Å². The summed E-state index contributed by atoms with van der Waals surface area (Å²) in [6, 6.07) is 4.33. The molecule has 0 spiro atoms. The molecule has 2 aromatic heterocycles. The van der Waals surface area contributed by atoms with Crippen LogP contribution in [0.4, 0.5) is 11.6 Å². The van der Waals surface area contributed by atoms with Gasteiger partial charge in [0.15, 0.2) is 0 Å². The molecule has 1 aliphatic rings. The fraction of sp³-hybridized carbons (Fsp3) is 0.467. The van der Waals surface area contributed by atoms with Crippen molar-refractivity contribution in [2.24, 2.45) is 0 Å². The van der Waals surface area contributed by atoms with Crippen molar-refractivity contribution in [3.63, 3.8) is 0 Å². The fourth-order valence-electron chi connectivity index (χ4n) is 2.77. The Morgan fingerprint density at radius 2 is 2.38 bits per heavy atom. The van der Waals surface area contributed by atoms with Gasteiger partial charge in [-0.2, -0.15) is 11.3 Å². The predicted molar refractivity (Wildman–Crippen MR) is 85.9 cm³/mol. The van der Waals surface area contributed by atoms with E-state index in [0.29, 0.717) is 0 Å². The van der Waals surface area contributed by atoms with Gasteiger partial charge in [0.25, 0.3) is 0 Å². The smallest absolute Gasteiger partial charge is 0.134 e. The Hall–Kier alpha value is -1.66. The maximum Gasteiger partial charge on any atom is 0.134 e. The van der Waals surface area contributed by atoms with Crippen LogP contribution < -0.4 is 9.80 Å². The SMILES string of the molecule is CN(Cc1ccsc1)c1cc(N2CCC[C@@H]2CO)ncn1. The molecule has 6 heteroatoms. The second kappa shape index (κ2) is 6.41. The van der Waals surface area contributed by atoms with Gasteiger partial charge in [-0.1, -0.05) is 0 Å². The molecule has 1 aliphatic heterocycles. The van der Waals surface area contributed by atoms with Crippen LogP contribution in [0.1, 0.15) is 18.4 Å². The molecule has 5 nitrogen and oxygen atoms in total. The molecule has 112 valence electrons. The van der Waals surface area contributed by atoms with Crippen molar-refractivity contribution in [2.45, 2.75) is 25.4 Å². The minimum atomic E-state index is 0.185. The predicted octanol–water partition coefficient (Wildman–Crippen LogP) is 2.14. The highest BCUT2D eigenvalue weighted by molar-refractivity contribution is 7.07. The van der Waals surface area contributed by atoms with E-state index in [1.54, 1.807) is 17.7 Å². The zero-order valence-corrected chi connectivity index (χ0v) is 13.0. The van der Waals surface area contributed by atoms with Gasteiger partial charge in [0, 0.05) is 26.2 Å². The van der Waals surface area contributed by atoms with E-state index in [9.17, 15) is 5.11 Å². The first-order valence-corrected chi connectivity index (χ1v) is 8.14. The zero-order valence-electron chi connectivity index (χ0n) is 12.1. The third-order valence-electron chi connectivity index (χ3n) is 3.91. The van der Waals surface area contributed by atoms with Crippen LogP contribution in [-0.4, -0.2) is 41.3 Å². The number of anilines is 2. The van der Waals surface area contributed by atoms with Crippen molar-refractivity contribution in [1.29, 1.82) is 0 Å². The lowest BCUT2D eigenvalue weighted by Crippen LogP contribution is -2.33. The van der Waals surface area contributed by atoms with E-state index in [1.807, 2.05) is 13.1 Å². The zero-order chi connectivity index (χ0) is 14.7. The van der Waals surface area contributed by atoms with Crippen molar-refractivity contribution >= 4 is 23.0 Å². The number of rotatable bonds is 5. The second-order valence-electron chi connectivity index (χ2n) is 5.39. The van der Waals surface area contributed by atoms with Crippen LogP contribution in [0.3, 0.4) is 0 Å². The number of hydrogen-bond acceptors (Lipinski definition) is 6. The summed E-state index contributed by atoms with van der Waals surface area (Å²) in [6.45, 7) is 1.98. The van der Waals surface area contributed by atoms with E-state index in [1.165, 1.54) is 5.56 Å². The van der Waals surface area contributed by atoms with Gasteiger partial charge in [0.1, 0.15) is 18.0 Å². The minimum Gasteiger partial charge on any atom is -0.394 e. The summed E-state index contributed by atoms with van der Waals surface area (Å²) in [4.78, 5) is 13.1. The molecule has 3 rings (SSSR count). The molecule has 1 atom stereocenters. The molecule has 0 unspecified atom stereocenters. The van der Waals surface area contributed by atoms with Crippen LogP contribution in [0.15, 0.2) is 29.2 Å². The standard InChI is InChI=1S/C15H20N4OS/c1-18(8-12-4-6-21-10-12)14-7-15(17-11-16-14)19-5-2-3-13(19)9-20/h4,6-7,10-11,13,20H,2-3,5,8-9H2,1H3/t13-/m1/s1. The Labute approximate surface area is 128 Å². The molecular formula is C15H20N4OS. The van der Waals surface area contributed by atoms with Crippen LogP contribution in [0.5, 0.6) is 0 Å². The molecule has 21 heavy (non-hydrogen) atoms. The normalized spacial score (nSPS) is 18.2. The van der Waals surface area contributed by atoms with Crippen molar-refractivity contribution < 1.29 is 5.11 Å². The molecule has 0 aliphatic carbocycles. The topological polar surface area (TPSA) is 52.5 Å². The van der Waals surface area contributed by atoms with E-state index in [4.69, 9.17) is 0 Å². The Kier molecular flexibility index (Phi) is 4.36. The summed E-state index contributed by atoms with van der Waals surface area (Å²) >= 11 is 1.71. The molecule has 3 heterocycles. The van der Waals surface area contributed by atoms with Crippen LogP contribution in [0.25, 0.3) is 0 Å². The first-order valence-electron chi connectivity index (χ1n) is 7.19. The van der Waals surface area contributed by atoms with Gasteiger partial charge in [-0.05, 0) is 35.2 Å². The maximum absolute atomic E-state index is 9.45. The van der Waals surface area contributed by atoms with Gasteiger partial charge in [-0.25, -0.2) is 9.97 Å². The molecule has 0 radical (unpaired) electrons. The minimum absolute atomic E-state index is 0.185. The third kappa shape index (κ3) is 3.16. The highest BCUT2D eigenvalue weighted by atomic mass is 32.1. The van der Waals surface area contributed by atoms with E-state index in [2.05, 4.69) is 36.6 Å². The highest BCUT2D eigenvalue weighted by Crippen LogP contribution is 2.25. The Balaban J connectivity index is 1.76. The third-order valence-corrected chi connectivity index (χ3v) is 4.64. The van der Waals surface area contributed by atoms with Crippen molar-refractivity contribution in [2.75, 3.05) is 30.0 Å². The Morgan fingerprint density at radius 1 is 1.48 bits per heavy atom. The molecule has 0 saturated carbocycles. The summed E-state index contributed by atoms with van der Waals surface area (Å²) in [5, 5.41) is 13.7. The number of aliphatic hydroxyl groups is 1. The average Bonchev–Trinajstić information content (AvgIpc) is 3.18. The van der Waals surface area contributed by atoms with Gasteiger partial charge in [0.2, 0.25) is 0 Å². The second-order valence-corrected chi connectivity index (χ2v) is 6.17. The molecule has 1 fully saturated rings. The van der Waals surface area contributed by atoms with Crippen molar-refractivity contribution in [3.8, 4) is 0 Å². The first kappa shape index (κ1) is 14.3. The van der Waals surface area contributed by atoms with E-state index >= 15 is 0 Å². The summed E-state index contributed by atoms with van der Waals surface area (Å²) < 4.78 is 0.